The van der Waals surface area contributed by atoms with E-state index in [2.05, 4.69) is 20.6 Å². The molecule has 0 saturated heterocycles. The van der Waals surface area contributed by atoms with Crippen LogP contribution in [0.2, 0.25) is 0 Å². The van der Waals surface area contributed by atoms with Crippen LogP contribution in [-0.4, -0.2) is 34.3 Å². The van der Waals surface area contributed by atoms with Gasteiger partial charge in [0.15, 0.2) is 0 Å². The lowest BCUT2D eigenvalue weighted by molar-refractivity contribution is -0.139. The second-order valence-corrected chi connectivity index (χ2v) is 10.2. The summed E-state index contributed by atoms with van der Waals surface area (Å²) in [6.45, 7) is 2.04. The van der Waals surface area contributed by atoms with E-state index in [1.165, 1.54) is 40.0 Å². The monoisotopic (exact) mass is 472 g/mol. The highest BCUT2D eigenvalue weighted by molar-refractivity contribution is 7.99. The molecular weight excluding hydrogens is 452 g/mol. The predicted octanol–water partition coefficient (Wildman–Crippen LogP) is 4.20. The Kier molecular flexibility index (Phi) is 5.68. The minimum Gasteiger partial charge on any atom is -0.463 e. The molecule has 7 nitrogen and oxygen atoms in total. The summed E-state index contributed by atoms with van der Waals surface area (Å²) in [4.78, 5) is 37.5. The first-order chi connectivity index (χ1) is 15.2. The molecule has 1 aliphatic heterocycles. The number of nitrogens with one attached hydrogen (secondary N) is 2. The summed E-state index contributed by atoms with van der Waals surface area (Å²) in [7, 11) is 0. The van der Waals surface area contributed by atoms with E-state index in [9.17, 15) is 9.59 Å². The van der Waals surface area contributed by atoms with E-state index >= 15 is 0 Å². The first-order valence-electron chi connectivity index (χ1n) is 10.0. The normalized spacial score (nSPS) is 18.1. The summed E-state index contributed by atoms with van der Waals surface area (Å²) >= 11 is 4.76. The molecule has 0 saturated carbocycles. The van der Waals surface area contributed by atoms with E-state index < -0.39 is 12.0 Å². The van der Waals surface area contributed by atoms with Crippen molar-refractivity contribution < 1.29 is 14.3 Å². The zero-order valence-corrected chi connectivity index (χ0v) is 19.2. The van der Waals surface area contributed by atoms with Gasteiger partial charge in [-0.3, -0.25) is 0 Å². The predicted molar refractivity (Wildman–Crippen MR) is 123 cm³/mol. The van der Waals surface area contributed by atoms with Gasteiger partial charge in [0.2, 0.25) is 0 Å². The number of aryl methyl sites for hydroxylation is 2. The number of esters is 1. The van der Waals surface area contributed by atoms with Gasteiger partial charge in [-0.05, 0) is 43.2 Å². The standard InChI is InChI=1S/C21H20N4O3S3/c1-2-28-20(26)16-12(24-21(27)25-17(16)14-7-4-8-29-14)9-30-18-15-11-5-3-6-13(11)31-19(15)23-10-22-18/h4,7-8,10,17H,2-3,5-6,9H2,1H3,(H2,24,25,27)/t17-/m1/s1. The van der Waals surface area contributed by atoms with Crippen LogP contribution >= 0.6 is 34.4 Å². The number of carbonyl (C=O) groups is 2. The second-order valence-electron chi connectivity index (χ2n) is 7.16. The lowest BCUT2D eigenvalue weighted by atomic mass is 10.0. The van der Waals surface area contributed by atoms with Gasteiger partial charge in [0.1, 0.15) is 16.2 Å². The number of amides is 2. The third-order valence-corrected chi connectivity index (χ3v) is 8.45. The maximum atomic E-state index is 12.9. The van der Waals surface area contributed by atoms with Crippen molar-refractivity contribution in [2.24, 2.45) is 0 Å². The molecule has 0 fully saturated rings. The van der Waals surface area contributed by atoms with Crippen molar-refractivity contribution in [3.8, 4) is 0 Å². The fourth-order valence-electron chi connectivity index (χ4n) is 4.00. The number of ether oxygens (including phenoxy) is 1. The molecule has 1 atom stereocenters. The quantitative estimate of drug-likeness (QED) is 0.317. The van der Waals surface area contributed by atoms with Gasteiger partial charge >= 0.3 is 12.0 Å². The summed E-state index contributed by atoms with van der Waals surface area (Å²) in [5, 5.41) is 9.64. The Morgan fingerprint density at radius 2 is 2.26 bits per heavy atom. The molecule has 0 aromatic carbocycles. The number of aromatic nitrogens is 2. The number of nitrogens with zero attached hydrogens (tertiary/aromatic N) is 2. The van der Waals surface area contributed by atoms with Crippen LogP contribution in [0.1, 0.15) is 34.7 Å². The number of carbonyl (C=O) groups excluding carboxylic acids is 2. The molecule has 160 valence electrons. The molecule has 3 aromatic rings. The van der Waals surface area contributed by atoms with Gasteiger partial charge < -0.3 is 15.4 Å². The molecule has 0 radical (unpaired) electrons. The van der Waals surface area contributed by atoms with E-state index in [4.69, 9.17) is 4.74 Å². The summed E-state index contributed by atoms with van der Waals surface area (Å²) < 4.78 is 5.33. The number of urea groups is 1. The fraction of sp³-hybridized carbons (Fsp3) is 0.333. The first-order valence-corrected chi connectivity index (χ1v) is 12.7. The van der Waals surface area contributed by atoms with Crippen LogP contribution in [0.3, 0.4) is 0 Å². The zero-order valence-electron chi connectivity index (χ0n) is 16.8. The largest absolute Gasteiger partial charge is 0.463 e. The average Bonchev–Trinajstić information content (AvgIpc) is 3.49. The summed E-state index contributed by atoms with van der Waals surface area (Å²) in [5.74, 6) is -0.0200. The molecule has 2 amide bonds. The summed E-state index contributed by atoms with van der Waals surface area (Å²) in [6.07, 6.45) is 4.90. The van der Waals surface area contributed by atoms with Gasteiger partial charge in [0.25, 0.3) is 0 Å². The summed E-state index contributed by atoms with van der Waals surface area (Å²) in [6, 6.07) is 2.96. The fourth-order valence-corrected chi connectivity index (χ4v) is 7.07. The number of thioether (sulfide) groups is 1. The molecular formula is C21H20N4O3S3. The first kappa shape index (κ1) is 20.5. The highest BCUT2D eigenvalue weighted by atomic mass is 32.2. The third kappa shape index (κ3) is 3.83. The van der Waals surface area contributed by atoms with E-state index in [0.29, 0.717) is 17.0 Å². The van der Waals surface area contributed by atoms with Crippen LogP contribution in [0, 0.1) is 0 Å². The molecule has 31 heavy (non-hydrogen) atoms. The second kappa shape index (κ2) is 8.60. The Bertz CT molecular complexity index is 1190. The Labute approximate surface area is 191 Å². The Morgan fingerprint density at radius 3 is 3.06 bits per heavy atom. The Balaban J connectivity index is 1.51. The molecule has 0 unspecified atom stereocenters. The van der Waals surface area contributed by atoms with Crippen molar-refractivity contribution in [3.05, 3.63) is 50.4 Å². The lowest BCUT2D eigenvalue weighted by Gasteiger charge is -2.28. The maximum Gasteiger partial charge on any atom is 0.338 e. The van der Waals surface area contributed by atoms with E-state index in [-0.39, 0.29) is 12.6 Å². The zero-order chi connectivity index (χ0) is 21.4. The molecule has 4 heterocycles. The van der Waals surface area contributed by atoms with Crippen LogP contribution in [0.5, 0.6) is 0 Å². The highest BCUT2D eigenvalue weighted by Gasteiger charge is 2.34. The van der Waals surface area contributed by atoms with Gasteiger partial charge in [-0.1, -0.05) is 17.8 Å². The lowest BCUT2D eigenvalue weighted by Crippen LogP contribution is -2.46. The van der Waals surface area contributed by atoms with Crippen molar-refractivity contribution in [2.45, 2.75) is 37.3 Å². The minimum atomic E-state index is -0.529. The van der Waals surface area contributed by atoms with Crippen LogP contribution in [0.4, 0.5) is 4.79 Å². The van der Waals surface area contributed by atoms with Crippen LogP contribution < -0.4 is 10.6 Å². The molecule has 3 aromatic heterocycles. The van der Waals surface area contributed by atoms with E-state index in [1.54, 1.807) is 24.6 Å². The SMILES string of the molecule is CCOC(=O)C1=C(CSc2ncnc3sc4c(c23)CCC4)NC(=O)N[C@@H]1c1cccs1. The smallest absolute Gasteiger partial charge is 0.338 e. The van der Waals surface area contributed by atoms with Gasteiger partial charge in [-0.25, -0.2) is 19.6 Å². The molecule has 0 bridgehead atoms. The van der Waals surface area contributed by atoms with Gasteiger partial charge in [-0.2, -0.15) is 0 Å². The molecule has 2 N–H and O–H groups in total. The topological polar surface area (TPSA) is 93.2 Å². The van der Waals surface area contributed by atoms with E-state index in [1.807, 2.05) is 17.5 Å². The van der Waals surface area contributed by atoms with Gasteiger partial charge in [0.05, 0.1) is 18.2 Å². The Morgan fingerprint density at radius 1 is 1.35 bits per heavy atom. The third-order valence-electron chi connectivity index (χ3n) is 5.30. The van der Waals surface area contributed by atoms with Gasteiger partial charge in [-0.15, -0.1) is 22.7 Å². The number of hydrogen-bond donors (Lipinski definition) is 2. The van der Waals surface area contributed by atoms with Crippen molar-refractivity contribution in [2.75, 3.05) is 12.4 Å². The molecule has 2 aliphatic rings. The van der Waals surface area contributed by atoms with Crippen LogP contribution in [0.15, 0.2) is 40.1 Å². The van der Waals surface area contributed by atoms with Gasteiger partial charge in [0, 0.05) is 26.6 Å². The van der Waals surface area contributed by atoms with Crippen molar-refractivity contribution >= 4 is 56.7 Å². The maximum absolute atomic E-state index is 12.9. The molecule has 1 aliphatic carbocycles. The molecule has 0 spiro atoms. The van der Waals surface area contributed by atoms with E-state index in [0.717, 1.165) is 33.0 Å². The number of rotatable bonds is 6. The number of fused-ring (bicyclic) bond motifs is 3. The van der Waals surface area contributed by atoms with Crippen LogP contribution in [-0.2, 0) is 22.4 Å². The van der Waals surface area contributed by atoms with Crippen molar-refractivity contribution in [3.63, 3.8) is 0 Å². The highest BCUT2D eigenvalue weighted by Crippen LogP contribution is 2.41. The van der Waals surface area contributed by atoms with Crippen molar-refractivity contribution in [1.29, 1.82) is 0 Å². The molecule has 5 rings (SSSR count). The minimum absolute atomic E-state index is 0.265. The number of thiophene rings is 2. The average molecular weight is 473 g/mol. The summed E-state index contributed by atoms with van der Waals surface area (Å²) in [5.41, 5.74) is 2.36. The van der Waals surface area contributed by atoms with Crippen molar-refractivity contribution in [1.82, 2.24) is 20.6 Å². The number of hydrogen-bond acceptors (Lipinski definition) is 8. The molecule has 10 heteroatoms. The Hall–Kier alpha value is -2.43. The van der Waals surface area contributed by atoms with Crippen LogP contribution in [0.25, 0.3) is 10.2 Å².